The predicted molar refractivity (Wildman–Crippen MR) is 63.6 cm³/mol. The van der Waals surface area contributed by atoms with E-state index >= 15 is 0 Å². The fourth-order valence-electron chi connectivity index (χ4n) is 1.36. The zero-order valence-electron chi connectivity index (χ0n) is 8.77. The average Bonchev–Trinajstić information content (AvgIpc) is 2.71. The normalized spacial score (nSPS) is 10.6. The monoisotopic (exact) mass is 236 g/mol. The van der Waals surface area contributed by atoms with Gasteiger partial charge in [0.25, 0.3) is 0 Å². The molecule has 0 amide bonds. The van der Waals surface area contributed by atoms with E-state index in [-0.39, 0.29) is 11.5 Å². The second-order valence-electron chi connectivity index (χ2n) is 3.38. The van der Waals surface area contributed by atoms with Gasteiger partial charge in [-0.05, 0) is 25.2 Å². The van der Waals surface area contributed by atoms with Gasteiger partial charge in [0.1, 0.15) is 5.01 Å². The third-order valence-corrected chi connectivity index (χ3v) is 3.07. The molecule has 4 nitrogen and oxygen atoms in total. The lowest BCUT2D eigenvalue weighted by molar-refractivity contribution is 0.404. The van der Waals surface area contributed by atoms with Crippen LogP contribution in [-0.2, 0) is 6.54 Å². The van der Waals surface area contributed by atoms with E-state index in [1.54, 1.807) is 6.07 Å². The number of nitrogens with one attached hydrogen (secondary N) is 1. The maximum atomic E-state index is 9.39. The Morgan fingerprint density at radius 2 is 2.12 bits per heavy atom. The Bertz CT molecular complexity index is 496. The summed E-state index contributed by atoms with van der Waals surface area (Å²) in [5.41, 5.74) is 1.78. The Hall–Kier alpha value is -1.59. The van der Waals surface area contributed by atoms with E-state index in [0.29, 0.717) is 0 Å². The summed E-state index contributed by atoms with van der Waals surface area (Å²) in [4.78, 5) is 4.40. The largest absolute Gasteiger partial charge is 0.504 e. The van der Waals surface area contributed by atoms with E-state index in [1.165, 1.54) is 23.5 Å². The highest BCUT2D eigenvalue weighted by Gasteiger charge is 2.07. The van der Waals surface area contributed by atoms with Crippen LogP contribution in [0, 0.1) is 0 Å². The van der Waals surface area contributed by atoms with Crippen molar-refractivity contribution in [1.82, 2.24) is 10.3 Å². The van der Waals surface area contributed by atoms with E-state index < -0.39 is 0 Å². The first-order valence-corrected chi connectivity index (χ1v) is 5.70. The topological polar surface area (TPSA) is 65.4 Å². The van der Waals surface area contributed by atoms with Crippen molar-refractivity contribution in [3.05, 3.63) is 29.3 Å². The van der Waals surface area contributed by atoms with Gasteiger partial charge in [0, 0.05) is 17.5 Å². The molecule has 0 aliphatic heterocycles. The molecule has 0 saturated carbocycles. The molecular weight excluding hydrogens is 224 g/mol. The average molecular weight is 236 g/mol. The standard InChI is InChI=1S/C11H12N2O2S/c1-12-5-8-6-16-11(13-8)7-2-3-9(14)10(15)4-7/h2-4,6,12,14-15H,5H2,1H3. The lowest BCUT2D eigenvalue weighted by atomic mass is 10.2. The molecule has 1 aromatic carbocycles. The number of hydrogen-bond acceptors (Lipinski definition) is 5. The van der Waals surface area contributed by atoms with Gasteiger partial charge in [-0.2, -0.15) is 0 Å². The third-order valence-electron chi connectivity index (χ3n) is 2.13. The molecule has 5 heteroatoms. The highest BCUT2D eigenvalue weighted by Crippen LogP contribution is 2.31. The van der Waals surface area contributed by atoms with Crippen LogP contribution >= 0.6 is 11.3 Å². The number of nitrogens with zero attached hydrogens (tertiary/aromatic N) is 1. The van der Waals surface area contributed by atoms with Crippen molar-refractivity contribution in [3.8, 4) is 22.1 Å². The van der Waals surface area contributed by atoms with Crippen LogP contribution in [0.5, 0.6) is 11.5 Å². The van der Waals surface area contributed by atoms with Crippen molar-refractivity contribution in [2.24, 2.45) is 0 Å². The van der Waals surface area contributed by atoms with Gasteiger partial charge >= 0.3 is 0 Å². The minimum Gasteiger partial charge on any atom is -0.504 e. The Balaban J connectivity index is 2.31. The number of benzene rings is 1. The van der Waals surface area contributed by atoms with Crippen molar-refractivity contribution in [2.75, 3.05) is 7.05 Å². The van der Waals surface area contributed by atoms with Crippen molar-refractivity contribution in [1.29, 1.82) is 0 Å². The van der Waals surface area contributed by atoms with Gasteiger partial charge in [0.2, 0.25) is 0 Å². The summed E-state index contributed by atoms with van der Waals surface area (Å²) in [5, 5.41) is 24.4. The lowest BCUT2D eigenvalue weighted by Gasteiger charge is -1.99. The molecule has 1 aromatic heterocycles. The summed E-state index contributed by atoms with van der Waals surface area (Å²) in [7, 11) is 1.87. The summed E-state index contributed by atoms with van der Waals surface area (Å²) in [6.07, 6.45) is 0. The Labute approximate surface area is 97.2 Å². The molecule has 2 rings (SSSR count). The van der Waals surface area contributed by atoms with Gasteiger partial charge in [0.15, 0.2) is 11.5 Å². The summed E-state index contributed by atoms with van der Waals surface area (Å²) >= 11 is 1.51. The van der Waals surface area contributed by atoms with E-state index in [4.69, 9.17) is 0 Å². The molecule has 3 N–H and O–H groups in total. The molecule has 0 atom stereocenters. The number of phenolic OH excluding ortho intramolecular Hbond substituents is 2. The van der Waals surface area contributed by atoms with Crippen LogP contribution in [0.1, 0.15) is 5.69 Å². The van der Waals surface area contributed by atoms with Crippen LogP contribution in [0.3, 0.4) is 0 Å². The second-order valence-corrected chi connectivity index (χ2v) is 4.24. The Morgan fingerprint density at radius 3 is 2.81 bits per heavy atom. The highest BCUT2D eigenvalue weighted by molar-refractivity contribution is 7.13. The minimum absolute atomic E-state index is 0.115. The van der Waals surface area contributed by atoms with Crippen molar-refractivity contribution in [3.63, 3.8) is 0 Å². The summed E-state index contributed by atoms with van der Waals surface area (Å²) < 4.78 is 0. The summed E-state index contributed by atoms with van der Waals surface area (Å²) in [5.74, 6) is -0.237. The molecule has 0 unspecified atom stereocenters. The van der Waals surface area contributed by atoms with E-state index in [0.717, 1.165) is 22.8 Å². The van der Waals surface area contributed by atoms with Gasteiger partial charge in [0.05, 0.1) is 5.69 Å². The first-order chi connectivity index (χ1) is 7.70. The molecule has 84 valence electrons. The molecule has 0 fully saturated rings. The van der Waals surface area contributed by atoms with Crippen LogP contribution in [0.4, 0.5) is 0 Å². The molecule has 0 radical (unpaired) electrons. The maximum absolute atomic E-state index is 9.39. The summed E-state index contributed by atoms with van der Waals surface area (Å²) in [6.45, 7) is 0.723. The molecule has 2 aromatic rings. The number of aromatic hydroxyl groups is 2. The molecule has 0 saturated heterocycles. The number of hydrogen-bond donors (Lipinski definition) is 3. The Kier molecular flexibility index (Phi) is 3.07. The van der Waals surface area contributed by atoms with Gasteiger partial charge in [-0.25, -0.2) is 4.98 Å². The van der Waals surface area contributed by atoms with Gasteiger partial charge in [-0.3, -0.25) is 0 Å². The fourth-order valence-corrected chi connectivity index (χ4v) is 2.18. The molecule has 0 aliphatic rings. The minimum atomic E-state index is -0.122. The third kappa shape index (κ3) is 2.15. The SMILES string of the molecule is CNCc1csc(-c2ccc(O)c(O)c2)n1. The zero-order valence-corrected chi connectivity index (χ0v) is 9.58. The van der Waals surface area contributed by atoms with Crippen molar-refractivity contribution >= 4 is 11.3 Å². The number of aromatic nitrogens is 1. The van der Waals surface area contributed by atoms with E-state index in [1.807, 2.05) is 12.4 Å². The predicted octanol–water partition coefficient (Wildman–Crippen LogP) is 1.94. The van der Waals surface area contributed by atoms with Crippen LogP contribution in [0.15, 0.2) is 23.6 Å². The van der Waals surface area contributed by atoms with Crippen LogP contribution < -0.4 is 5.32 Å². The fraction of sp³-hybridized carbons (Fsp3) is 0.182. The molecular formula is C11H12N2O2S. The highest BCUT2D eigenvalue weighted by atomic mass is 32.1. The molecule has 1 heterocycles. The van der Waals surface area contributed by atoms with E-state index in [9.17, 15) is 10.2 Å². The molecule has 0 bridgehead atoms. The smallest absolute Gasteiger partial charge is 0.158 e. The lowest BCUT2D eigenvalue weighted by Crippen LogP contribution is -2.04. The quantitative estimate of drug-likeness (QED) is 0.713. The van der Waals surface area contributed by atoms with Crippen molar-refractivity contribution < 1.29 is 10.2 Å². The van der Waals surface area contributed by atoms with Gasteiger partial charge in [-0.1, -0.05) is 0 Å². The number of rotatable bonds is 3. The van der Waals surface area contributed by atoms with E-state index in [2.05, 4.69) is 10.3 Å². The van der Waals surface area contributed by atoms with Crippen LogP contribution in [-0.4, -0.2) is 22.2 Å². The molecule has 0 spiro atoms. The maximum Gasteiger partial charge on any atom is 0.158 e. The Morgan fingerprint density at radius 1 is 1.31 bits per heavy atom. The first kappa shape index (κ1) is 10.9. The first-order valence-electron chi connectivity index (χ1n) is 4.82. The zero-order chi connectivity index (χ0) is 11.5. The van der Waals surface area contributed by atoms with Gasteiger partial charge < -0.3 is 15.5 Å². The van der Waals surface area contributed by atoms with Gasteiger partial charge in [-0.15, -0.1) is 11.3 Å². The molecule has 0 aliphatic carbocycles. The number of phenols is 2. The van der Waals surface area contributed by atoms with Crippen molar-refractivity contribution in [2.45, 2.75) is 6.54 Å². The van der Waals surface area contributed by atoms with Crippen LogP contribution in [0.25, 0.3) is 10.6 Å². The van der Waals surface area contributed by atoms with Crippen LogP contribution in [0.2, 0.25) is 0 Å². The summed E-state index contributed by atoms with van der Waals surface area (Å²) in [6, 6.07) is 4.71. The second kappa shape index (κ2) is 4.51. The number of thiazole rings is 1. The molecule has 16 heavy (non-hydrogen) atoms.